The van der Waals surface area contributed by atoms with E-state index in [1.807, 2.05) is 13.2 Å². The van der Waals surface area contributed by atoms with E-state index in [1.54, 1.807) is 11.3 Å². The van der Waals surface area contributed by atoms with E-state index < -0.39 is 0 Å². The lowest BCUT2D eigenvalue weighted by Gasteiger charge is -2.24. The van der Waals surface area contributed by atoms with Gasteiger partial charge in [0.05, 0.1) is 0 Å². The second kappa shape index (κ2) is 8.67. The van der Waals surface area contributed by atoms with E-state index in [4.69, 9.17) is 0 Å². The van der Waals surface area contributed by atoms with Crippen LogP contribution in [0.1, 0.15) is 63.8 Å². The third kappa shape index (κ3) is 4.65. The Balaban J connectivity index is 1.95. The molecule has 4 aromatic rings. The van der Waals surface area contributed by atoms with E-state index >= 15 is 0 Å². The molecular weight excluding hydrogens is 432 g/mol. The van der Waals surface area contributed by atoms with Crippen LogP contribution in [-0.4, -0.2) is 0 Å². The fourth-order valence-corrected chi connectivity index (χ4v) is 5.78. The maximum Gasteiger partial charge on any atom is 0.213 e. The topological polar surface area (TPSA) is 27.7 Å². The molecule has 4 rings (SSSR count). The first-order valence-electron chi connectivity index (χ1n) is 11.9. The van der Waals surface area contributed by atoms with Crippen molar-refractivity contribution in [1.82, 2.24) is 0 Å². The van der Waals surface area contributed by atoms with Gasteiger partial charge in [-0.1, -0.05) is 65.8 Å². The van der Waals surface area contributed by atoms with E-state index in [1.165, 1.54) is 33.0 Å². The zero-order valence-electron chi connectivity index (χ0n) is 21.7. The fourth-order valence-electron chi connectivity index (χ4n) is 4.84. The van der Waals surface area contributed by atoms with Gasteiger partial charge in [-0.25, -0.2) is 0 Å². The highest BCUT2D eigenvalue weighted by Crippen LogP contribution is 2.39. The minimum Gasteiger partial charge on any atom is -0.200 e. The number of thiophene rings is 1. The standard InChI is InChI=1S/C31H35N2S/c1-20-23-11-9-10-12-24(23)27(31(5,6)7)14-25(20)28-15-26(22(17-32)18-33(28)8)29-13-21(19-34-29)16-30(2,3)4/h9-15,18-19H,16H2,1-8H3/q+1. The Hall–Kier alpha value is -2.96. The van der Waals surface area contributed by atoms with Gasteiger partial charge < -0.3 is 0 Å². The van der Waals surface area contributed by atoms with Crippen LogP contribution in [0.3, 0.4) is 0 Å². The Morgan fingerprint density at radius 2 is 1.62 bits per heavy atom. The summed E-state index contributed by atoms with van der Waals surface area (Å²) < 4.78 is 2.11. The molecule has 0 spiro atoms. The quantitative estimate of drug-likeness (QED) is 0.279. The number of aromatic nitrogens is 1. The molecule has 3 heteroatoms. The summed E-state index contributed by atoms with van der Waals surface area (Å²) in [5.74, 6) is 0. The van der Waals surface area contributed by atoms with Crippen molar-refractivity contribution >= 4 is 22.1 Å². The van der Waals surface area contributed by atoms with Crippen LogP contribution < -0.4 is 4.57 Å². The zero-order chi connectivity index (χ0) is 24.8. The second-order valence-electron chi connectivity index (χ2n) is 11.7. The predicted octanol–water partition coefficient (Wildman–Crippen LogP) is 8.13. The number of aryl methyl sites for hydroxylation is 2. The summed E-state index contributed by atoms with van der Waals surface area (Å²) in [5, 5.41) is 14.8. The van der Waals surface area contributed by atoms with Gasteiger partial charge in [0.25, 0.3) is 0 Å². The first kappa shape index (κ1) is 24.2. The second-order valence-corrected chi connectivity index (χ2v) is 12.6. The van der Waals surface area contributed by atoms with Crippen molar-refractivity contribution in [2.45, 2.75) is 60.3 Å². The zero-order valence-corrected chi connectivity index (χ0v) is 22.5. The van der Waals surface area contributed by atoms with Crippen molar-refractivity contribution in [2.75, 3.05) is 0 Å². The molecule has 0 aliphatic rings. The Kier molecular flexibility index (Phi) is 6.17. The average Bonchev–Trinajstić information content (AvgIpc) is 3.20. The normalized spacial score (nSPS) is 12.2. The SMILES string of the molecule is Cc1c(-c2cc(-c3cc(CC(C)(C)C)cs3)c(C#N)c[n+]2C)cc(C(C)(C)C)c2ccccc12. The van der Waals surface area contributed by atoms with Gasteiger partial charge >= 0.3 is 0 Å². The molecule has 34 heavy (non-hydrogen) atoms. The Bertz CT molecular complexity index is 1420. The van der Waals surface area contributed by atoms with Crippen molar-refractivity contribution in [2.24, 2.45) is 12.5 Å². The molecular formula is C31H35N2S+. The molecule has 0 radical (unpaired) electrons. The van der Waals surface area contributed by atoms with Gasteiger partial charge in [0.1, 0.15) is 18.7 Å². The maximum absolute atomic E-state index is 9.95. The molecule has 0 bridgehead atoms. The lowest BCUT2D eigenvalue weighted by atomic mass is 9.80. The molecule has 2 heterocycles. The van der Waals surface area contributed by atoms with E-state index in [0.717, 1.165) is 22.6 Å². The number of nitriles is 1. The van der Waals surface area contributed by atoms with Crippen LogP contribution in [0, 0.1) is 23.7 Å². The number of hydrogen-bond donors (Lipinski definition) is 0. The first-order chi connectivity index (χ1) is 15.9. The molecule has 0 unspecified atom stereocenters. The summed E-state index contributed by atoms with van der Waals surface area (Å²) in [7, 11) is 2.05. The van der Waals surface area contributed by atoms with Gasteiger partial charge in [0, 0.05) is 22.1 Å². The van der Waals surface area contributed by atoms with Gasteiger partial charge in [-0.05, 0) is 69.2 Å². The molecule has 0 aliphatic carbocycles. The fraction of sp³-hybridized carbons (Fsp3) is 0.355. The number of hydrogen-bond acceptors (Lipinski definition) is 2. The van der Waals surface area contributed by atoms with Crippen molar-refractivity contribution in [3.63, 3.8) is 0 Å². The summed E-state index contributed by atoms with van der Waals surface area (Å²) in [6.45, 7) is 15.8. The Morgan fingerprint density at radius 1 is 0.941 bits per heavy atom. The third-order valence-electron chi connectivity index (χ3n) is 6.45. The highest BCUT2D eigenvalue weighted by atomic mass is 32.1. The lowest BCUT2D eigenvalue weighted by Crippen LogP contribution is -2.31. The number of pyridine rings is 1. The average molecular weight is 468 g/mol. The van der Waals surface area contributed by atoms with Crippen molar-refractivity contribution in [3.05, 3.63) is 76.3 Å². The largest absolute Gasteiger partial charge is 0.213 e. The summed E-state index contributed by atoms with van der Waals surface area (Å²) in [6, 6.07) is 18.0. The van der Waals surface area contributed by atoms with E-state index in [2.05, 4.69) is 107 Å². The van der Waals surface area contributed by atoms with Crippen LogP contribution in [0.4, 0.5) is 0 Å². The van der Waals surface area contributed by atoms with Crippen LogP contribution in [0.2, 0.25) is 0 Å². The predicted molar refractivity (Wildman–Crippen MR) is 145 cm³/mol. The molecule has 2 aromatic heterocycles. The molecule has 0 aliphatic heterocycles. The maximum atomic E-state index is 9.95. The lowest BCUT2D eigenvalue weighted by molar-refractivity contribution is -0.660. The Labute approximate surface area is 208 Å². The van der Waals surface area contributed by atoms with Crippen LogP contribution >= 0.6 is 11.3 Å². The third-order valence-corrected chi connectivity index (χ3v) is 7.46. The molecule has 174 valence electrons. The van der Waals surface area contributed by atoms with Gasteiger partial charge in [0.2, 0.25) is 5.69 Å². The van der Waals surface area contributed by atoms with Crippen molar-refractivity contribution < 1.29 is 4.57 Å². The molecule has 2 aromatic carbocycles. The van der Waals surface area contributed by atoms with Crippen LogP contribution in [0.15, 0.2) is 54.0 Å². The van der Waals surface area contributed by atoms with E-state index in [9.17, 15) is 5.26 Å². The van der Waals surface area contributed by atoms with Crippen molar-refractivity contribution in [1.29, 1.82) is 5.26 Å². The van der Waals surface area contributed by atoms with Crippen LogP contribution in [-0.2, 0) is 18.9 Å². The van der Waals surface area contributed by atoms with Gasteiger partial charge in [-0.15, -0.1) is 11.3 Å². The monoisotopic (exact) mass is 467 g/mol. The Morgan fingerprint density at radius 3 is 2.24 bits per heavy atom. The van der Waals surface area contributed by atoms with Crippen LogP contribution in [0.5, 0.6) is 0 Å². The van der Waals surface area contributed by atoms with Crippen molar-refractivity contribution in [3.8, 4) is 27.8 Å². The molecule has 0 saturated heterocycles. The molecule has 0 amide bonds. The number of benzene rings is 2. The minimum absolute atomic E-state index is 0.0195. The van der Waals surface area contributed by atoms with Gasteiger partial charge in [0.15, 0.2) is 6.20 Å². The molecule has 0 saturated carbocycles. The molecule has 0 fully saturated rings. The van der Waals surface area contributed by atoms with Crippen LogP contribution in [0.25, 0.3) is 32.5 Å². The summed E-state index contributed by atoms with van der Waals surface area (Å²) >= 11 is 1.74. The highest BCUT2D eigenvalue weighted by Gasteiger charge is 2.25. The number of rotatable bonds is 3. The summed E-state index contributed by atoms with van der Waals surface area (Å²) in [6.07, 6.45) is 3.01. The summed E-state index contributed by atoms with van der Waals surface area (Å²) in [5.41, 5.74) is 8.30. The van der Waals surface area contributed by atoms with E-state index in [-0.39, 0.29) is 10.8 Å². The smallest absolute Gasteiger partial charge is 0.200 e. The molecule has 2 nitrogen and oxygen atoms in total. The van der Waals surface area contributed by atoms with E-state index in [0.29, 0.717) is 5.56 Å². The molecule has 0 atom stereocenters. The van der Waals surface area contributed by atoms with Gasteiger partial charge in [-0.2, -0.15) is 9.83 Å². The summed E-state index contributed by atoms with van der Waals surface area (Å²) in [4.78, 5) is 1.16. The number of fused-ring (bicyclic) bond motifs is 1. The minimum atomic E-state index is 0.0195. The van der Waals surface area contributed by atoms with Gasteiger partial charge in [-0.3, -0.25) is 0 Å². The first-order valence-corrected chi connectivity index (χ1v) is 12.8. The number of nitrogens with zero attached hydrogens (tertiary/aromatic N) is 2. The highest BCUT2D eigenvalue weighted by molar-refractivity contribution is 7.13. The molecule has 0 N–H and O–H groups in total.